The van der Waals surface area contributed by atoms with Gasteiger partial charge in [0.2, 0.25) is 5.16 Å². The number of methoxy groups -OCH3 is 2. The number of benzene rings is 1. The second-order valence-corrected chi connectivity index (χ2v) is 8.63. The van der Waals surface area contributed by atoms with Crippen LogP contribution in [0.2, 0.25) is 0 Å². The fraction of sp³-hybridized carbons (Fsp3) is 0.150. The van der Waals surface area contributed by atoms with Crippen LogP contribution in [0.4, 0.5) is 0 Å². The van der Waals surface area contributed by atoms with Gasteiger partial charge in [-0.1, -0.05) is 17.8 Å². The summed E-state index contributed by atoms with van der Waals surface area (Å²) in [5, 5.41) is 13.0. The van der Waals surface area contributed by atoms with Crippen LogP contribution < -0.4 is 9.47 Å². The van der Waals surface area contributed by atoms with Gasteiger partial charge in [-0.15, -0.1) is 27.8 Å². The van der Waals surface area contributed by atoms with E-state index >= 15 is 0 Å². The van der Waals surface area contributed by atoms with Crippen LogP contribution in [-0.2, 0) is 5.75 Å². The first-order valence-corrected chi connectivity index (χ1v) is 11.4. The molecule has 4 aromatic rings. The average Bonchev–Trinajstić information content (AvgIpc) is 3.52. The maximum Gasteiger partial charge on any atom is 0.209 e. The van der Waals surface area contributed by atoms with Crippen molar-refractivity contribution in [3.05, 3.63) is 57.5 Å². The third-order valence-corrected chi connectivity index (χ3v) is 6.62. The topological polar surface area (TPSA) is 72.9 Å². The Morgan fingerprint density at radius 1 is 1.07 bits per heavy atom. The lowest BCUT2D eigenvalue weighted by atomic mass is 10.2. The standard InChI is InChI=1S/C20H18N4O2S3/c1-25-16-7-5-13(10-17(16)26-2)19-21-14(11-28-19)12-29-20-22-18(23-24-20)8-6-15-4-3-9-27-15/h3-11H,12H2,1-2H3,(H,22,23,24). The van der Waals surface area contributed by atoms with E-state index in [1.54, 1.807) is 48.7 Å². The predicted molar refractivity (Wildman–Crippen MR) is 120 cm³/mol. The molecular weight excluding hydrogens is 424 g/mol. The molecule has 0 atom stereocenters. The molecule has 1 N–H and O–H groups in total. The van der Waals surface area contributed by atoms with E-state index in [0.717, 1.165) is 22.1 Å². The largest absolute Gasteiger partial charge is 0.493 e. The summed E-state index contributed by atoms with van der Waals surface area (Å²) < 4.78 is 10.7. The molecule has 0 spiro atoms. The minimum absolute atomic E-state index is 0.694. The van der Waals surface area contributed by atoms with Gasteiger partial charge in [0, 0.05) is 21.6 Å². The van der Waals surface area contributed by atoms with Crippen molar-refractivity contribution in [1.82, 2.24) is 20.2 Å². The first-order chi connectivity index (χ1) is 14.2. The predicted octanol–water partition coefficient (Wildman–Crippen LogP) is 5.47. The number of nitrogens with one attached hydrogen (secondary N) is 1. The molecule has 0 aliphatic rings. The number of hydrogen-bond donors (Lipinski definition) is 1. The average molecular weight is 443 g/mol. The van der Waals surface area contributed by atoms with Crippen molar-refractivity contribution in [2.45, 2.75) is 10.9 Å². The Balaban J connectivity index is 1.39. The molecule has 6 nitrogen and oxygen atoms in total. The van der Waals surface area contributed by atoms with Crippen molar-refractivity contribution in [1.29, 1.82) is 0 Å². The van der Waals surface area contributed by atoms with Gasteiger partial charge in [-0.2, -0.15) is 0 Å². The molecule has 1 aromatic carbocycles. The van der Waals surface area contributed by atoms with E-state index in [0.29, 0.717) is 22.4 Å². The fourth-order valence-electron chi connectivity index (χ4n) is 2.56. The number of rotatable bonds is 8. The Kier molecular flexibility index (Phi) is 6.28. The summed E-state index contributed by atoms with van der Waals surface area (Å²) in [5.41, 5.74) is 1.99. The SMILES string of the molecule is COc1ccc(-c2nc(CSc3n[nH]c(C=Cc4cccs4)n3)cs2)cc1OC. The van der Waals surface area contributed by atoms with Crippen molar-refractivity contribution in [2.75, 3.05) is 14.2 Å². The first kappa shape index (κ1) is 19.7. The quantitative estimate of drug-likeness (QED) is 0.365. The van der Waals surface area contributed by atoms with Crippen LogP contribution in [0.25, 0.3) is 22.7 Å². The normalized spacial score (nSPS) is 11.2. The van der Waals surface area contributed by atoms with Gasteiger partial charge in [0.05, 0.1) is 19.9 Å². The molecule has 0 saturated carbocycles. The number of ether oxygens (including phenoxy) is 2. The highest BCUT2D eigenvalue weighted by Gasteiger charge is 2.11. The van der Waals surface area contributed by atoms with Crippen LogP contribution in [0.5, 0.6) is 11.5 Å². The van der Waals surface area contributed by atoms with Crippen LogP contribution in [0.15, 0.2) is 46.2 Å². The Labute approximate surface area is 180 Å². The van der Waals surface area contributed by atoms with Crippen molar-refractivity contribution >= 4 is 46.6 Å². The summed E-state index contributed by atoms with van der Waals surface area (Å²) >= 11 is 4.84. The molecule has 0 radical (unpaired) electrons. The first-order valence-electron chi connectivity index (χ1n) is 8.69. The van der Waals surface area contributed by atoms with Gasteiger partial charge in [0.1, 0.15) is 10.8 Å². The molecule has 0 unspecified atom stereocenters. The van der Waals surface area contributed by atoms with E-state index in [9.17, 15) is 0 Å². The fourth-order valence-corrected chi connectivity index (χ4v) is 4.80. The molecule has 148 valence electrons. The van der Waals surface area contributed by atoms with Crippen LogP contribution in [0.1, 0.15) is 16.4 Å². The highest BCUT2D eigenvalue weighted by atomic mass is 32.2. The third kappa shape index (κ3) is 4.87. The van der Waals surface area contributed by atoms with E-state index in [1.165, 1.54) is 4.88 Å². The second-order valence-electron chi connectivity index (χ2n) is 5.85. The number of aromatic amines is 1. The Morgan fingerprint density at radius 3 is 2.76 bits per heavy atom. The van der Waals surface area contributed by atoms with Crippen LogP contribution in [0.3, 0.4) is 0 Å². The molecule has 0 bridgehead atoms. The molecule has 3 heterocycles. The number of thiophene rings is 1. The zero-order chi connectivity index (χ0) is 20.1. The summed E-state index contributed by atoms with van der Waals surface area (Å²) in [6.07, 6.45) is 3.95. The highest BCUT2D eigenvalue weighted by Crippen LogP contribution is 2.34. The van der Waals surface area contributed by atoms with Gasteiger partial charge >= 0.3 is 0 Å². The molecule has 4 rings (SSSR count). The number of nitrogens with zero attached hydrogens (tertiary/aromatic N) is 3. The van der Waals surface area contributed by atoms with E-state index in [4.69, 9.17) is 14.5 Å². The molecule has 0 saturated heterocycles. The van der Waals surface area contributed by atoms with Crippen LogP contribution >= 0.6 is 34.4 Å². The summed E-state index contributed by atoms with van der Waals surface area (Å²) in [6.45, 7) is 0. The number of hydrogen-bond acceptors (Lipinski definition) is 8. The van der Waals surface area contributed by atoms with E-state index < -0.39 is 0 Å². The van der Waals surface area contributed by atoms with Crippen molar-refractivity contribution in [2.24, 2.45) is 0 Å². The maximum atomic E-state index is 5.38. The Hall–Kier alpha value is -2.62. The lowest BCUT2D eigenvalue weighted by Gasteiger charge is -2.08. The summed E-state index contributed by atoms with van der Waals surface area (Å²) in [5.74, 6) is 2.85. The molecule has 0 amide bonds. The minimum Gasteiger partial charge on any atom is -0.493 e. The number of thioether (sulfide) groups is 1. The lowest BCUT2D eigenvalue weighted by molar-refractivity contribution is 0.355. The summed E-state index contributed by atoms with van der Waals surface area (Å²) in [7, 11) is 3.26. The number of aromatic nitrogens is 4. The van der Waals surface area contributed by atoms with E-state index in [-0.39, 0.29) is 0 Å². The van der Waals surface area contributed by atoms with Crippen molar-refractivity contribution < 1.29 is 9.47 Å². The monoisotopic (exact) mass is 442 g/mol. The van der Waals surface area contributed by atoms with Crippen LogP contribution in [-0.4, -0.2) is 34.4 Å². The molecule has 0 aliphatic carbocycles. The lowest BCUT2D eigenvalue weighted by Crippen LogP contribution is -1.90. The van der Waals surface area contributed by atoms with Crippen molar-refractivity contribution in [3.63, 3.8) is 0 Å². The zero-order valence-electron chi connectivity index (χ0n) is 15.8. The van der Waals surface area contributed by atoms with E-state index in [1.807, 2.05) is 41.8 Å². The van der Waals surface area contributed by atoms with Gasteiger partial charge in [-0.3, -0.25) is 5.10 Å². The van der Waals surface area contributed by atoms with Gasteiger partial charge in [0.15, 0.2) is 11.5 Å². The van der Waals surface area contributed by atoms with Crippen molar-refractivity contribution in [3.8, 4) is 22.1 Å². The minimum atomic E-state index is 0.694. The van der Waals surface area contributed by atoms with E-state index in [2.05, 4.69) is 26.6 Å². The molecular formula is C20H18N4O2S3. The van der Waals surface area contributed by atoms with Gasteiger partial charge in [-0.25, -0.2) is 9.97 Å². The van der Waals surface area contributed by atoms with Gasteiger partial charge in [-0.05, 0) is 41.8 Å². The smallest absolute Gasteiger partial charge is 0.209 e. The number of H-pyrrole nitrogens is 1. The molecule has 9 heteroatoms. The Bertz CT molecular complexity index is 1100. The van der Waals surface area contributed by atoms with Gasteiger partial charge in [0.25, 0.3) is 0 Å². The zero-order valence-corrected chi connectivity index (χ0v) is 18.2. The molecule has 29 heavy (non-hydrogen) atoms. The summed E-state index contributed by atoms with van der Waals surface area (Å²) in [6, 6.07) is 9.90. The number of thiazole rings is 1. The molecule has 0 aliphatic heterocycles. The molecule has 0 fully saturated rings. The highest BCUT2D eigenvalue weighted by molar-refractivity contribution is 7.98. The molecule has 3 aromatic heterocycles. The van der Waals surface area contributed by atoms with Crippen LogP contribution in [0, 0.1) is 0 Å². The maximum absolute atomic E-state index is 5.38. The third-order valence-electron chi connectivity index (χ3n) is 3.96. The summed E-state index contributed by atoms with van der Waals surface area (Å²) in [4.78, 5) is 10.4. The Morgan fingerprint density at radius 2 is 1.97 bits per heavy atom. The van der Waals surface area contributed by atoms with Gasteiger partial charge < -0.3 is 9.47 Å². The second kappa shape index (κ2) is 9.25.